The van der Waals surface area contributed by atoms with E-state index in [1.807, 2.05) is 0 Å². The highest BCUT2D eigenvalue weighted by Crippen LogP contribution is 2.52. The first-order chi connectivity index (χ1) is 14.5. The average molecular weight is 431 g/mol. The van der Waals surface area contributed by atoms with E-state index >= 15 is 0 Å². The molecule has 1 saturated carbocycles. The van der Waals surface area contributed by atoms with E-state index in [2.05, 4.69) is 31.0 Å². The van der Waals surface area contributed by atoms with Crippen molar-refractivity contribution in [1.82, 2.24) is 10.2 Å². The molecule has 3 aliphatic rings. The summed E-state index contributed by atoms with van der Waals surface area (Å²) >= 11 is 0. The van der Waals surface area contributed by atoms with Crippen LogP contribution in [0.15, 0.2) is 18.2 Å². The van der Waals surface area contributed by atoms with Crippen LogP contribution in [-0.4, -0.2) is 41.9 Å². The Morgan fingerprint density at radius 3 is 2.74 bits per heavy atom. The second kappa shape index (κ2) is 7.79. The first-order valence-corrected chi connectivity index (χ1v) is 11.5. The zero-order valence-corrected chi connectivity index (χ0v) is 19.2. The Kier molecular flexibility index (Phi) is 5.55. The standard InChI is InChI=1S/C25H35FN2O3/c1-23(2)13-18-14-24(3,15-23)16-28(18)22(30)8-10-25(9-7-21(29)27-25)12-17-5-6-19(26)20(11-17)31-4/h5-6,11,18H,7-10,12-16H2,1-4H3,(H,27,29)/t18-,24+,25+/m1/s1. The third kappa shape index (κ3) is 4.58. The number of carbonyl (C=O) groups excluding carboxylic acids is 2. The van der Waals surface area contributed by atoms with E-state index in [4.69, 9.17) is 4.74 Å². The highest BCUT2D eigenvalue weighted by molar-refractivity contribution is 5.80. The van der Waals surface area contributed by atoms with Crippen molar-refractivity contribution in [3.8, 4) is 5.75 Å². The summed E-state index contributed by atoms with van der Waals surface area (Å²) in [6, 6.07) is 5.15. The van der Waals surface area contributed by atoms with Gasteiger partial charge in [0.25, 0.3) is 0 Å². The van der Waals surface area contributed by atoms with Gasteiger partial charge in [0.1, 0.15) is 0 Å². The molecule has 2 amide bonds. The molecule has 2 heterocycles. The van der Waals surface area contributed by atoms with Gasteiger partial charge >= 0.3 is 0 Å². The summed E-state index contributed by atoms with van der Waals surface area (Å²) in [6.07, 6.45) is 6.05. The molecule has 31 heavy (non-hydrogen) atoms. The van der Waals surface area contributed by atoms with Crippen molar-refractivity contribution >= 4 is 11.8 Å². The van der Waals surface area contributed by atoms with Crippen molar-refractivity contribution in [1.29, 1.82) is 0 Å². The molecule has 1 aliphatic carbocycles. The molecule has 0 aromatic heterocycles. The number of nitrogens with one attached hydrogen (secondary N) is 1. The van der Waals surface area contributed by atoms with Crippen LogP contribution in [0.4, 0.5) is 4.39 Å². The SMILES string of the molecule is COc1cc(C[C@@]2(CCC(=O)N3C[C@@]4(C)C[C@H]3CC(C)(C)C4)CCC(=O)N2)ccc1F. The second-order valence-electron chi connectivity index (χ2n) is 11.2. The van der Waals surface area contributed by atoms with E-state index in [1.165, 1.54) is 13.2 Å². The number of carbonyl (C=O) groups is 2. The van der Waals surface area contributed by atoms with Crippen LogP contribution in [0.25, 0.3) is 0 Å². The molecule has 6 heteroatoms. The van der Waals surface area contributed by atoms with Crippen molar-refractivity contribution in [2.24, 2.45) is 10.8 Å². The Labute approximate surface area is 184 Å². The first kappa shape index (κ1) is 22.1. The molecule has 2 bridgehead atoms. The topological polar surface area (TPSA) is 58.6 Å². The molecule has 2 aliphatic heterocycles. The van der Waals surface area contributed by atoms with Crippen LogP contribution in [0.3, 0.4) is 0 Å². The lowest BCUT2D eigenvalue weighted by atomic mass is 9.65. The quantitative estimate of drug-likeness (QED) is 0.735. The van der Waals surface area contributed by atoms with E-state index in [0.29, 0.717) is 38.1 Å². The van der Waals surface area contributed by atoms with Gasteiger partial charge in [0.15, 0.2) is 11.6 Å². The fraction of sp³-hybridized carbons (Fsp3) is 0.680. The zero-order chi connectivity index (χ0) is 22.4. The normalized spacial score (nSPS) is 31.6. The number of halogens is 1. The minimum absolute atomic E-state index is 0.0211. The molecule has 3 fully saturated rings. The van der Waals surface area contributed by atoms with Crippen molar-refractivity contribution in [2.45, 2.75) is 83.7 Å². The van der Waals surface area contributed by atoms with Gasteiger partial charge in [0, 0.05) is 31.0 Å². The highest BCUT2D eigenvalue weighted by Gasteiger charge is 2.51. The maximum Gasteiger partial charge on any atom is 0.222 e. The van der Waals surface area contributed by atoms with Crippen molar-refractivity contribution < 1.29 is 18.7 Å². The van der Waals surface area contributed by atoms with E-state index in [-0.39, 0.29) is 28.4 Å². The number of rotatable bonds is 6. The number of hydrogen-bond donors (Lipinski definition) is 1. The van der Waals surface area contributed by atoms with Crippen molar-refractivity contribution in [3.63, 3.8) is 0 Å². The lowest BCUT2D eigenvalue weighted by Gasteiger charge is -2.39. The van der Waals surface area contributed by atoms with Gasteiger partial charge in [-0.05, 0) is 67.1 Å². The average Bonchev–Trinajstić information content (AvgIpc) is 3.17. The number of likely N-dealkylation sites (tertiary alicyclic amines) is 1. The van der Waals surface area contributed by atoms with Crippen molar-refractivity contribution in [3.05, 3.63) is 29.6 Å². The Morgan fingerprint density at radius 1 is 1.29 bits per heavy atom. The summed E-state index contributed by atoms with van der Waals surface area (Å²) in [6.45, 7) is 7.78. The van der Waals surface area contributed by atoms with Gasteiger partial charge in [-0.2, -0.15) is 0 Å². The molecule has 1 N–H and O–H groups in total. The van der Waals surface area contributed by atoms with Gasteiger partial charge in [-0.25, -0.2) is 4.39 Å². The molecule has 0 radical (unpaired) electrons. The van der Waals surface area contributed by atoms with Crippen molar-refractivity contribution in [2.75, 3.05) is 13.7 Å². The predicted molar refractivity (Wildman–Crippen MR) is 117 cm³/mol. The van der Waals surface area contributed by atoms with Crippen LogP contribution in [-0.2, 0) is 16.0 Å². The van der Waals surface area contributed by atoms with Gasteiger partial charge in [0.05, 0.1) is 7.11 Å². The van der Waals surface area contributed by atoms with E-state index < -0.39 is 11.4 Å². The summed E-state index contributed by atoms with van der Waals surface area (Å²) in [5, 5.41) is 3.14. The first-order valence-electron chi connectivity index (χ1n) is 11.5. The molecule has 170 valence electrons. The Bertz CT molecular complexity index is 886. The summed E-state index contributed by atoms with van der Waals surface area (Å²) in [5.74, 6) is 0.0206. The lowest BCUT2D eigenvalue weighted by molar-refractivity contribution is -0.133. The van der Waals surface area contributed by atoms with Crippen LogP contribution >= 0.6 is 0 Å². The zero-order valence-electron chi connectivity index (χ0n) is 19.2. The lowest BCUT2D eigenvalue weighted by Crippen LogP contribution is -2.45. The van der Waals surface area contributed by atoms with Crippen LogP contribution in [0, 0.1) is 16.6 Å². The summed E-state index contributed by atoms with van der Waals surface area (Å²) in [5.41, 5.74) is 0.924. The number of ether oxygens (including phenoxy) is 1. The van der Waals surface area contributed by atoms with E-state index in [0.717, 1.165) is 31.4 Å². The van der Waals surface area contributed by atoms with Gasteiger partial charge in [0.2, 0.25) is 11.8 Å². The summed E-state index contributed by atoms with van der Waals surface area (Å²) in [4.78, 5) is 27.5. The number of fused-ring (bicyclic) bond motifs is 2. The van der Waals surface area contributed by atoms with Gasteiger partial charge in [-0.3, -0.25) is 9.59 Å². The van der Waals surface area contributed by atoms with Crippen LogP contribution in [0.5, 0.6) is 5.75 Å². The molecular weight excluding hydrogens is 395 g/mol. The monoisotopic (exact) mass is 430 g/mol. The molecule has 0 unspecified atom stereocenters. The molecule has 4 rings (SSSR count). The maximum absolute atomic E-state index is 13.8. The fourth-order valence-corrected chi connectivity index (χ4v) is 6.63. The highest BCUT2D eigenvalue weighted by atomic mass is 19.1. The maximum atomic E-state index is 13.8. The number of amides is 2. The molecular formula is C25H35FN2O3. The molecule has 2 saturated heterocycles. The molecule has 1 aromatic rings. The summed E-state index contributed by atoms with van der Waals surface area (Å²) in [7, 11) is 1.45. The largest absolute Gasteiger partial charge is 0.494 e. The van der Waals surface area contributed by atoms with Gasteiger partial charge in [-0.1, -0.05) is 26.8 Å². The third-order valence-corrected chi connectivity index (χ3v) is 7.55. The summed E-state index contributed by atoms with van der Waals surface area (Å²) < 4.78 is 18.9. The van der Waals surface area contributed by atoms with Crippen LogP contribution in [0.2, 0.25) is 0 Å². The number of hydrogen-bond acceptors (Lipinski definition) is 3. The Balaban J connectivity index is 1.46. The number of nitrogens with zero attached hydrogens (tertiary/aromatic N) is 1. The van der Waals surface area contributed by atoms with Crippen LogP contribution in [0.1, 0.15) is 71.3 Å². The minimum atomic E-state index is -0.465. The second-order valence-corrected chi connectivity index (χ2v) is 11.2. The Hall–Kier alpha value is -2.11. The van der Waals surface area contributed by atoms with Gasteiger partial charge in [-0.15, -0.1) is 0 Å². The molecule has 5 nitrogen and oxygen atoms in total. The third-order valence-electron chi connectivity index (χ3n) is 7.55. The van der Waals surface area contributed by atoms with Gasteiger partial charge < -0.3 is 15.0 Å². The number of methoxy groups -OCH3 is 1. The minimum Gasteiger partial charge on any atom is -0.494 e. The fourth-order valence-electron chi connectivity index (χ4n) is 6.63. The Morgan fingerprint density at radius 2 is 2.06 bits per heavy atom. The molecule has 3 atom stereocenters. The number of benzene rings is 1. The smallest absolute Gasteiger partial charge is 0.222 e. The van der Waals surface area contributed by atoms with E-state index in [1.54, 1.807) is 12.1 Å². The molecule has 1 aromatic carbocycles. The van der Waals surface area contributed by atoms with E-state index in [9.17, 15) is 14.0 Å². The van der Waals surface area contributed by atoms with Crippen LogP contribution < -0.4 is 10.1 Å². The molecule has 0 spiro atoms. The predicted octanol–water partition coefficient (Wildman–Crippen LogP) is 4.23.